The lowest BCUT2D eigenvalue weighted by Gasteiger charge is -2.22. The summed E-state index contributed by atoms with van der Waals surface area (Å²) in [5, 5.41) is 6.15. The summed E-state index contributed by atoms with van der Waals surface area (Å²) < 4.78 is 1.69. The molecule has 0 saturated carbocycles. The predicted octanol–water partition coefficient (Wildman–Crippen LogP) is 2.67. The first-order valence-electron chi connectivity index (χ1n) is 6.61. The van der Waals surface area contributed by atoms with Crippen molar-refractivity contribution in [3.63, 3.8) is 0 Å². The summed E-state index contributed by atoms with van der Waals surface area (Å²) >= 11 is 1.62. The van der Waals surface area contributed by atoms with Gasteiger partial charge in [0.2, 0.25) is 0 Å². The van der Waals surface area contributed by atoms with Gasteiger partial charge in [-0.25, -0.2) is 9.97 Å². The molecule has 0 aromatic carbocycles. The third-order valence-electron chi connectivity index (χ3n) is 3.01. The number of rotatable bonds is 4. The maximum Gasteiger partial charge on any atom is 0.293 e. The Morgan fingerprint density at radius 2 is 2.10 bits per heavy atom. The highest BCUT2D eigenvalue weighted by molar-refractivity contribution is 7.09. The van der Waals surface area contributed by atoms with Gasteiger partial charge in [0.15, 0.2) is 5.82 Å². The van der Waals surface area contributed by atoms with E-state index in [0.717, 1.165) is 5.01 Å². The summed E-state index contributed by atoms with van der Waals surface area (Å²) in [5.41, 5.74) is -0.344. The standard InChI is InChI=1S/C14H20N4OS/c1-10(12-16-6-8-20-12)9-17-11-13(19)18(7-5-15-11)14(2,3)4/h5-8,10H,9H2,1-4H3,(H,15,17). The van der Waals surface area contributed by atoms with Crippen molar-refractivity contribution in [1.82, 2.24) is 14.5 Å². The van der Waals surface area contributed by atoms with E-state index in [2.05, 4.69) is 22.2 Å². The van der Waals surface area contributed by atoms with Gasteiger partial charge in [0.1, 0.15) is 0 Å². The fourth-order valence-corrected chi connectivity index (χ4v) is 2.57. The Bertz CT molecular complexity index is 613. The van der Waals surface area contributed by atoms with Crippen LogP contribution in [0.15, 0.2) is 28.8 Å². The molecule has 5 nitrogen and oxygen atoms in total. The first-order chi connectivity index (χ1) is 9.39. The van der Waals surface area contributed by atoms with Gasteiger partial charge in [-0.05, 0) is 20.8 Å². The van der Waals surface area contributed by atoms with Gasteiger partial charge < -0.3 is 9.88 Å². The van der Waals surface area contributed by atoms with Gasteiger partial charge in [0.05, 0.1) is 5.01 Å². The molecule has 6 heteroatoms. The van der Waals surface area contributed by atoms with Crippen LogP contribution in [-0.4, -0.2) is 21.1 Å². The summed E-state index contributed by atoms with van der Waals surface area (Å²) in [6.07, 6.45) is 5.17. The monoisotopic (exact) mass is 292 g/mol. The Kier molecular flexibility index (Phi) is 4.23. The summed E-state index contributed by atoms with van der Waals surface area (Å²) in [7, 11) is 0. The van der Waals surface area contributed by atoms with Crippen molar-refractivity contribution in [3.8, 4) is 0 Å². The molecule has 2 rings (SSSR count). The average molecular weight is 292 g/mol. The van der Waals surface area contributed by atoms with Crippen LogP contribution in [-0.2, 0) is 5.54 Å². The zero-order valence-corrected chi connectivity index (χ0v) is 13.1. The second kappa shape index (κ2) is 5.75. The number of hydrogen-bond donors (Lipinski definition) is 1. The molecule has 1 atom stereocenters. The molecular formula is C14H20N4OS. The van der Waals surface area contributed by atoms with Crippen molar-refractivity contribution in [1.29, 1.82) is 0 Å². The molecule has 0 fully saturated rings. The number of anilines is 1. The molecule has 2 heterocycles. The van der Waals surface area contributed by atoms with E-state index in [1.807, 2.05) is 26.2 Å². The van der Waals surface area contributed by atoms with E-state index in [0.29, 0.717) is 12.4 Å². The molecule has 0 amide bonds. The first-order valence-corrected chi connectivity index (χ1v) is 7.49. The van der Waals surface area contributed by atoms with Crippen LogP contribution in [0.1, 0.15) is 38.6 Å². The van der Waals surface area contributed by atoms with Crippen molar-refractivity contribution in [2.24, 2.45) is 0 Å². The van der Waals surface area contributed by atoms with Crippen LogP contribution in [0.25, 0.3) is 0 Å². The largest absolute Gasteiger partial charge is 0.365 e. The molecule has 1 unspecified atom stereocenters. The van der Waals surface area contributed by atoms with Crippen LogP contribution in [0.4, 0.5) is 5.82 Å². The Labute approximate surface area is 122 Å². The van der Waals surface area contributed by atoms with Gasteiger partial charge >= 0.3 is 0 Å². The number of aromatic nitrogens is 3. The van der Waals surface area contributed by atoms with Crippen LogP contribution >= 0.6 is 11.3 Å². The average Bonchev–Trinajstić information content (AvgIpc) is 2.89. The minimum atomic E-state index is -0.253. The van der Waals surface area contributed by atoms with E-state index in [1.165, 1.54) is 0 Å². The highest BCUT2D eigenvalue weighted by Crippen LogP contribution is 2.17. The molecule has 1 N–H and O–H groups in total. The fourth-order valence-electron chi connectivity index (χ4n) is 1.88. The van der Waals surface area contributed by atoms with Gasteiger partial charge in [0, 0.05) is 42.0 Å². The summed E-state index contributed by atoms with van der Waals surface area (Å²) in [6, 6.07) is 0. The van der Waals surface area contributed by atoms with Gasteiger partial charge in [-0.15, -0.1) is 11.3 Å². The highest BCUT2D eigenvalue weighted by Gasteiger charge is 2.17. The van der Waals surface area contributed by atoms with Gasteiger partial charge in [-0.3, -0.25) is 4.79 Å². The summed E-state index contributed by atoms with van der Waals surface area (Å²) in [6.45, 7) is 8.71. The Morgan fingerprint density at radius 3 is 2.70 bits per heavy atom. The Balaban J connectivity index is 2.13. The lowest BCUT2D eigenvalue weighted by Crippen LogP contribution is -2.35. The minimum Gasteiger partial charge on any atom is -0.365 e. The first kappa shape index (κ1) is 14.7. The zero-order chi connectivity index (χ0) is 14.8. The number of nitrogens with one attached hydrogen (secondary N) is 1. The molecule has 0 aliphatic heterocycles. The van der Waals surface area contributed by atoms with Crippen LogP contribution in [0, 0.1) is 0 Å². The fraction of sp³-hybridized carbons (Fsp3) is 0.500. The van der Waals surface area contributed by atoms with Crippen molar-refractivity contribution in [2.75, 3.05) is 11.9 Å². The number of thiazole rings is 1. The smallest absolute Gasteiger partial charge is 0.293 e. The molecule has 2 aromatic rings. The quantitative estimate of drug-likeness (QED) is 0.941. The van der Waals surface area contributed by atoms with Crippen LogP contribution in [0.5, 0.6) is 0 Å². The van der Waals surface area contributed by atoms with E-state index in [9.17, 15) is 4.79 Å². The molecular weight excluding hydrogens is 272 g/mol. The predicted molar refractivity (Wildman–Crippen MR) is 82.5 cm³/mol. The SMILES string of the molecule is CC(CNc1nccn(C(C)(C)C)c1=O)c1nccs1. The Morgan fingerprint density at radius 1 is 1.35 bits per heavy atom. The molecule has 108 valence electrons. The third-order valence-corrected chi connectivity index (χ3v) is 4.02. The third kappa shape index (κ3) is 3.25. The highest BCUT2D eigenvalue weighted by atomic mass is 32.1. The number of hydrogen-bond acceptors (Lipinski definition) is 5. The normalized spacial score (nSPS) is 13.2. The maximum absolute atomic E-state index is 12.3. The molecule has 0 spiro atoms. The maximum atomic E-state index is 12.3. The van der Waals surface area contributed by atoms with Crippen LogP contribution in [0.3, 0.4) is 0 Å². The van der Waals surface area contributed by atoms with E-state index >= 15 is 0 Å². The van der Waals surface area contributed by atoms with Gasteiger partial charge in [-0.2, -0.15) is 0 Å². The van der Waals surface area contributed by atoms with Crippen molar-refractivity contribution in [2.45, 2.75) is 39.2 Å². The second-order valence-corrected chi connectivity index (χ2v) is 6.70. The minimum absolute atomic E-state index is 0.0914. The lowest BCUT2D eigenvalue weighted by atomic mass is 10.1. The molecule has 0 aliphatic carbocycles. The van der Waals surface area contributed by atoms with Crippen LogP contribution in [0.2, 0.25) is 0 Å². The second-order valence-electron chi connectivity index (χ2n) is 5.77. The molecule has 0 bridgehead atoms. The lowest BCUT2D eigenvalue weighted by molar-refractivity contribution is 0.383. The van der Waals surface area contributed by atoms with Crippen molar-refractivity contribution >= 4 is 17.2 Å². The molecule has 0 saturated heterocycles. The molecule has 0 radical (unpaired) electrons. The van der Waals surface area contributed by atoms with E-state index in [1.54, 1.807) is 34.5 Å². The Hall–Kier alpha value is -1.69. The van der Waals surface area contributed by atoms with Crippen molar-refractivity contribution in [3.05, 3.63) is 39.3 Å². The van der Waals surface area contributed by atoms with Gasteiger partial charge in [0.25, 0.3) is 5.56 Å². The van der Waals surface area contributed by atoms with E-state index < -0.39 is 0 Å². The summed E-state index contributed by atoms with van der Waals surface area (Å²) in [4.78, 5) is 20.8. The van der Waals surface area contributed by atoms with Gasteiger partial charge in [-0.1, -0.05) is 6.92 Å². The molecule has 20 heavy (non-hydrogen) atoms. The van der Waals surface area contributed by atoms with Crippen LogP contribution < -0.4 is 10.9 Å². The molecule has 2 aromatic heterocycles. The van der Waals surface area contributed by atoms with E-state index in [4.69, 9.17) is 0 Å². The van der Waals surface area contributed by atoms with E-state index in [-0.39, 0.29) is 17.0 Å². The zero-order valence-electron chi connectivity index (χ0n) is 12.3. The summed E-state index contributed by atoms with van der Waals surface area (Å²) in [5.74, 6) is 0.644. The molecule has 0 aliphatic rings. The number of nitrogens with zero attached hydrogens (tertiary/aromatic N) is 3. The van der Waals surface area contributed by atoms with Crippen molar-refractivity contribution < 1.29 is 0 Å². The topological polar surface area (TPSA) is 59.8 Å².